The monoisotopic (exact) mass is 548 g/mol. The Morgan fingerprint density at radius 2 is 1.65 bits per heavy atom. The molecular weight excluding hydrogens is 504 g/mol. The second kappa shape index (κ2) is 11.3. The molecule has 0 aromatic heterocycles. The first kappa shape index (κ1) is 27.5. The van der Waals surface area contributed by atoms with Crippen LogP contribution in [-0.4, -0.2) is 77.5 Å². The molecule has 4 fully saturated rings. The number of nitrogens with one attached hydrogen (secondary N) is 2. The summed E-state index contributed by atoms with van der Waals surface area (Å²) in [6.07, 6.45) is 13.2. The van der Waals surface area contributed by atoms with Crippen LogP contribution in [0.1, 0.15) is 68.9 Å². The number of ether oxygens (including phenoxy) is 1. The minimum atomic E-state index is -1.10. The van der Waals surface area contributed by atoms with Gasteiger partial charge in [0.2, 0.25) is 17.7 Å². The van der Waals surface area contributed by atoms with Crippen LogP contribution in [0.5, 0.6) is 0 Å². The molecule has 40 heavy (non-hydrogen) atoms. The van der Waals surface area contributed by atoms with Crippen LogP contribution in [0.4, 0.5) is 5.69 Å². The van der Waals surface area contributed by atoms with E-state index in [0.717, 1.165) is 68.6 Å². The third-order valence-corrected chi connectivity index (χ3v) is 9.69. The number of carbonyl (C=O) groups excluding carboxylic acids is 3. The molecule has 1 aromatic carbocycles. The van der Waals surface area contributed by atoms with Crippen LogP contribution in [0, 0.1) is 25.7 Å². The number of anilines is 1. The molecule has 1 aliphatic carbocycles. The number of aryl methyl sites for hydroxylation is 2. The number of carbonyl (C=O) groups is 3. The minimum absolute atomic E-state index is 0.130. The molecule has 0 unspecified atom stereocenters. The van der Waals surface area contributed by atoms with Gasteiger partial charge in [0, 0.05) is 18.3 Å². The predicted octanol–water partition coefficient (Wildman–Crippen LogP) is 3.72. The Bertz CT molecular complexity index is 1150. The van der Waals surface area contributed by atoms with E-state index in [9.17, 15) is 14.4 Å². The SMILES string of the molecule is Cc1cc(C)cc(NC(=O)[C@H]2[C@@H]3C=C[C@]4(O3)[C@@H]2C(=O)N(CCCN2CCCCC2)[C@H]4C(=O)NC2CCCCC2)c1. The van der Waals surface area contributed by atoms with Gasteiger partial charge in [-0.2, -0.15) is 0 Å². The van der Waals surface area contributed by atoms with E-state index in [1.165, 1.54) is 25.7 Å². The van der Waals surface area contributed by atoms with E-state index in [4.69, 9.17) is 4.74 Å². The molecule has 2 N–H and O–H groups in total. The molecule has 2 bridgehead atoms. The standard InChI is InChI=1S/C32H44N4O4/c1-21-18-22(2)20-24(19-21)34-29(37)26-25-12-13-32(40-25)27(26)31(39)36(17-9-16-35-14-7-4-8-15-35)28(32)30(38)33-23-10-5-3-6-11-23/h12-13,18-20,23,25-28H,3-11,14-17H2,1-2H3,(H,33,38)(H,34,37)/t25-,26-,27-,28-,32-/m0/s1. The van der Waals surface area contributed by atoms with E-state index in [0.29, 0.717) is 6.54 Å². The van der Waals surface area contributed by atoms with Crippen molar-refractivity contribution in [2.75, 3.05) is 31.5 Å². The number of hydrogen-bond acceptors (Lipinski definition) is 5. The Balaban J connectivity index is 1.24. The molecule has 5 atom stereocenters. The van der Waals surface area contributed by atoms with Gasteiger partial charge in [-0.05, 0) is 88.8 Å². The van der Waals surface area contributed by atoms with Crippen molar-refractivity contribution in [2.45, 2.75) is 95.4 Å². The van der Waals surface area contributed by atoms with Crippen molar-refractivity contribution in [3.8, 4) is 0 Å². The van der Waals surface area contributed by atoms with Gasteiger partial charge in [0.05, 0.1) is 17.9 Å². The predicted molar refractivity (Wildman–Crippen MR) is 154 cm³/mol. The zero-order valence-corrected chi connectivity index (χ0v) is 24.0. The molecule has 1 spiro atoms. The summed E-state index contributed by atoms with van der Waals surface area (Å²) in [6, 6.07) is 5.32. The van der Waals surface area contributed by atoms with Crippen molar-refractivity contribution in [3.63, 3.8) is 0 Å². The van der Waals surface area contributed by atoms with Crippen molar-refractivity contribution in [1.29, 1.82) is 0 Å². The van der Waals surface area contributed by atoms with Crippen LogP contribution in [-0.2, 0) is 19.1 Å². The zero-order valence-electron chi connectivity index (χ0n) is 24.0. The van der Waals surface area contributed by atoms with E-state index in [1.807, 2.05) is 38.1 Å². The molecule has 5 aliphatic rings. The normalized spacial score (nSPS) is 31.9. The number of nitrogens with zero attached hydrogens (tertiary/aromatic N) is 2. The summed E-state index contributed by atoms with van der Waals surface area (Å²) in [5, 5.41) is 6.34. The second-order valence-electron chi connectivity index (χ2n) is 12.7. The first-order valence-corrected chi connectivity index (χ1v) is 15.5. The maximum atomic E-state index is 14.2. The summed E-state index contributed by atoms with van der Waals surface area (Å²) in [5.41, 5.74) is 1.74. The fourth-order valence-corrected chi connectivity index (χ4v) is 7.95. The van der Waals surface area contributed by atoms with Gasteiger partial charge in [-0.15, -0.1) is 0 Å². The summed E-state index contributed by atoms with van der Waals surface area (Å²) in [4.78, 5) is 46.1. The highest BCUT2D eigenvalue weighted by molar-refractivity contribution is 6.02. The zero-order chi connectivity index (χ0) is 27.9. The highest BCUT2D eigenvalue weighted by atomic mass is 16.5. The largest absolute Gasteiger partial charge is 0.359 e. The summed E-state index contributed by atoms with van der Waals surface area (Å²) >= 11 is 0. The molecule has 0 radical (unpaired) electrons. The van der Waals surface area contributed by atoms with Crippen LogP contribution in [0.2, 0.25) is 0 Å². The average molecular weight is 549 g/mol. The summed E-state index contributed by atoms with van der Waals surface area (Å²) in [7, 11) is 0. The van der Waals surface area contributed by atoms with E-state index < -0.39 is 29.6 Å². The maximum Gasteiger partial charge on any atom is 0.246 e. The smallest absolute Gasteiger partial charge is 0.246 e. The molecular formula is C32H44N4O4. The third-order valence-electron chi connectivity index (χ3n) is 9.69. The van der Waals surface area contributed by atoms with Crippen LogP contribution < -0.4 is 10.6 Å². The lowest BCUT2D eigenvalue weighted by Gasteiger charge is -2.34. The van der Waals surface area contributed by atoms with Gasteiger partial charge in [0.15, 0.2) is 0 Å². The molecule has 1 aromatic rings. The van der Waals surface area contributed by atoms with Gasteiger partial charge < -0.3 is 25.2 Å². The number of amides is 3. The maximum absolute atomic E-state index is 14.2. The molecule has 8 nitrogen and oxygen atoms in total. The molecule has 216 valence electrons. The van der Waals surface area contributed by atoms with Crippen molar-refractivity contribution in [3.05, 3.63) is 41.5 Å². The van der Waals surface area contributed by atoms with E-state index in [-0.39, 0.29) is 23.8 Å². The third kappa shape index (κ3) is 5.09. The Hall–Kier alpha value is -2.71. The van der Waals surface area contributed by atoms with Crippen molar-refractivity contribution >= 4 is 23.4 Å². The fraction of sp³-hybridized carbons (Fsp3) is 0.656. The van der Waals surface area contributed by atoms with Gasteiger partial charge in [-0.25, -0.2) is 0 Å². The van der Waals surface area contributed by atoms with Gasteiger partial charge in [-0.3, -0.25) is 14.4 Å². The van der Waals surface area contributed by atoms with Crippen LogP contribution >= 0.6 is 0 Å². The number of hydrogen-bond donors (Lipinski definition) is 2. The molecule has 6 rings (SSSR count). The lowest BCUT2D eigenvalue weighted by atomic mass is 9.74. The Kier molecular flexibility index (Phi) is 7.75. The molecule has 8 heteroatoms. The fourth-order valence-electron chi connectivity index (χ4n) is 7.95. The quantitative estimate of drug-likeness (QED) is 0.484. The first-order chi connectivity index (χ1) is 19.4. The number of piperidine rings is 1. The summed E-state index contributed by atoms with van der Waals surface area (Å²) in [6.45, 7) is 7.59. The number of benzene rings is 1. The van der Waals surface area contributed by atoms with Crippen molar-refractivity contribution in [1.82, 2.24) is 15.1 Å². The number of likely N-dealkylation sites (tertiary alicyclic amines) is 2. The molecule has 3 saturated heterocycles. The Labute approximate surface area is 237 Å². The van der Waals surface area contributed by atoms with E-state index in [1.54, 1.807) is 4.90 Å². The average Bonchev–Trinajstić information content (AvgIpc) is 3.57. The summed E-state index contributed by atoms with van der Waals surface area (Å²) < 4.78 is 6.52. The lowest BCUT2D eigenvalue weighted by Crippen LogP contribution is -2.56. The van der Waals surface area contributed by atoms with Gasteiger partial charge in [0.1, 0.15) is 11.6 Å². The molecule has 4 aliphatic heterocycles. The number of rotatable bonds is 8. The molecule has 3 amide bonds. The van der Waals surface area contributed by atoms with Crippen molar-refractivity contribution < 1.29 is 19.1 Å². The highest BCUT2D eigenvalue weighted by Gasteiger charge is 2.72. The van der Waals surface area contributed by atoms with Crippen LogP contribution in [0.25, 0.3) is 0 Å². The highest BCUT2D eigenvalue weighted by Crippen LogP contribution is 2.55. The molecule has 4 heterocycles. The van der Waals surface area contributed by atoms with E-state index in [2.05, 4.69) is 21.6 Å². The van der Waals surface area contributed by atoms with Crippen LogP contribution in [0.3, 0.4) is 0 Å². The molecule has 1 saturated carbocycles. The van der Waals surface area contributed by atoms with Gasteiger partial charge in [0.25, 0.3) is 0 Å². The Morgan fingerprint density at radius 3 is 2.38 bits per heavy atom. The summed E-state index contributed by atoms with van der Waals surface area (Å²) in [5.74, 6) is -1.86. The Morgan fingerprint density at radius 1 is 0.950 bits per heavy atom. The van der Waals surface area contributed by atoms with Crippen molar-refractivity contribution in [2.24, 2.45) is 11.8 Å². The van der Waals surface area contributed by atoms with Crippen LogP contribution in [0.15, 0.2) is 30.4 Å². The van der Waals surface area contributed by atoms with Gasteiger partial charge in [-0.1, -0.05) is 43.9 Å². The first-order valence-electron chi connectivity index (χ1n) is 15.5. The van der Waals surface area contributed by atoms with Gasteiger partial charge >= 0.3 is 0 Å². The number of fused-ring (bicyclic) bond motifs is 1. The minimum Gasteiger partial charge on any atom is -0.359 e. The second-order valence-corrected chi connectivity index (χ2v) is 12.7. The topological polar surface area (TPSA) is 91.0 Å². The lowest BCUT2D eigenvalue weighted by molar-refractivity contribution is -0.141. The van der Waals surface area contributed by atoms with E-state index >= 15 is 0 Å².